The van der Waals surface area contributed by atoms with Gasteiger partial charge in [-0.25, -0.2) is 9.36 Å². The van der Waals surface area contributed by atoms with Gasteiger partial charge in [-0.15, -0.1) is 0 Å². The molecule has 5 nitrogen and oxygen atoms in total. The van der Waals surface area contributed by atoms with Gasteiger partial charge < -0.3 is 14.3 Å². The van der Waals surface area contributed by atoms with Crippen molar-refractivity contribution in [2.75, 3.05) is 11.9 Å². The first-order chi connectivity index (χ1) is 7.81. The van der Waals surface area contributed by atoms with Crippen LogP contribution in [0, 0.1) is 0 Å². The third kappa shape index (κ3) is 4.38. The first-order valence-corrected chi connectivity index (χ1v) is 7.33. The van der Waals surface area contributed by atoms with E-state index in [9.17, 15) is 9.36 Å². The lowest BCUT2D eigenvalue weighted by Gasteiger charge is -2.25. The molecular formula is C10H13ClNO4P. The Morgan fingerprint density at radius 2 is 2.00 bits per heavy atom. The summed E-state index contributed by atoms with van der Waals surface area (Å²) < 4.78 is 15.0. The van der Waals surface area contributed by atoms with Crippen molar-refractivity contribution in [1.29, 1.82) is 0 Å². The number of hydrogen-bond donors (Lipinski definition) is 1. The molecule has 0 saturated heterocycles. The Balaban J connectivity index is 2.74. The van der Waals surface area contributed by atoms with Crippen LogP contribution in [0.1, 0.15) is 6.92 Å². The van der Waals surface area contributed by atoms with E-state index in [-0.39, 0.29) is 0 Å². The van der Waals surface area contributed by atoms with Crippen LogP contribution in [-0.2, 0) is 13.9 Å². The summed E-state index contributed by atoms with van der Waals surface area (Å²) in [6.07, 6.45) is 0. The Hall–Kier alpha value is -1.03. The van der Waals surface area contributed by atoms with Gasteiger partial charge in [0.25, 0.3) is 0 Å². The van der Waals surface area contributed by atoms with E-state index in [1.165, 1.54) is 0 Å². The van der Waals surface area contributed by atoms with Gasteiger partial charge in [0.15, 0.2) is 0 Å². The highest BCUT2D eigenvalue weighted by Gasteiger charge is 2.27. The summed E-state index contributed by atoms with van der Waals surface area (Å²) in [6.45, 7) is -2.75. The molecule has 2 atom stereocenters. The van der Waals surface area contributed by atoms with E-state index in [2.05, 4.69) is 4.52 Å². The number of hydrogen-bond acceptors (Lipinski definition) is 4. The fourth-order valence-electron chi connectivity index (χ4n) is 1.23. The van der Waals surface area contributed by atoms with Crippen LogP contribution in [0.25, 0.3) is 0 Å². The summed E-state index contributed by atoms with van der Waals surface area (Å²) in [4.78, 5) is 21.9. The predicted octanol–water partition coefficient (Wildman–Crippen LogP) is 2.39. The molecule has 1 aromatic rings. The monoisotopic (exact) mass is 277 g/mol. The Morgan fingerprint density at radius 3 is 2.47 bits per heavy atom. The summed E-state index contributed by atoms with van der Waals surface area (Å²) >= 11 is 4.97. The van der Waals surface area contributed by atoms with Crippen molar-refractivity contribution < 1.29 is 18.8 Å². The molecule has 1 N–H and O–H groups in total. The molecule has 1 aromatic carbocycles. The van der Waals surface area contributed by atoms with Gasteiger partial charge in [0, 0.05) is 24.0 Å². The lowest BCUT2D eigenvalue weighted by molar-refractivity contribution is -0.135. The van der Waals surface area contributed by atoms with Crippen LogP contribution in [0.3, 0.4) is 0 Å². The van der Waals surface area contributed by atoms with Gasteiger partial charge in [-0.3, -0.25) is 0 Å². The van der Waals surface area contributed by atoms with E-state index in [1.54, 1.807) is 18.9 Å². The van der Waals surface area contributed by atoms with Gasteiger partial charge in [0.1, 0.15) is 6.04 Å². The molecule has 7 heteroatoms. The fraction of sp³-hybridized carbons (Fsp3) is 0.300. The van der Waals surface area contributed by atoms with Gasteiger partial charge >= 0.3 is 12.9 Å². The number of rotatable bonds is 4. The maximum absolute atomic E-state index is 11.5. The van der Waals surface area contributed by atoms with Crippen LogP contribution < -0.4 is 4.90 Å². The molecule has 0 radical (unpaired) electrons. The molecule has 17 heavy (non-hydrogen) atoms. The van der Waals surface area contributed by atoms with E-state index in [0.717, 1.165) is 5.69 Å². The highest BCUT2D eigenvalue weighted by atomic mass is 35.7. The highest BCUT2D eigenvalue weighted by Crippen LogP contribution is 2.47. The number of carbonyl (C=O) groups is 1. The van der Waals surface area contributed by atoms with E-state index >= 15 is 0 Å². The van der Waals surface area contributed by atoms with E-state index in [1.807, 2.05) is 30.3 Å². The number of likely N-dealkylation sites (N-methyl/N-ethyl adjacent to an activating group) is 1. The second-order valence-corrected chi connectivity index (χ2v) is 5.85. The molecule has 0 spiro atoms. The molecule has 94 valence electrons. The minimum atomic E-state index is -4.31. The van der Waals surface area contributed by atoms with Crippen molar-refractivity contribution in [3.63, 3.8) is 0 Å². The Bertz CT molecular complexity index is 433. The minimum Gasteiger partial charge on any atom is -0.379 e. The van der Waals surface area contributed by atoms with E-state index in [4.69, 9.17) is 16.1 Å². The number of carbonyl (C=O) groups excluding carboxylic acids is 1. The van der Waals surface area contributed by atoms with Gasteiger partial charge in [-0.05, 0) is 19.1 Å². The number of halogens is 1. The molecule has 1 rings (SSSR count). The zero-order valence-electron chi connectivity index (χ0n) is 9.41. The molecule has 0 heterocycles. The lowest BCUT2D eigenvalue weighted by atomic mass is 10.2. The van der Waals surface area contributed by atoms with Crippen LogP contribution >= 0.6 is 18.2 Å². The largest absolute Gasteiger partial charge is 0.476 e. The number of nitrogens with zero attached hydrogens (tertiary/aromatic N) is 1. The Kier molecular flexibility index (Phi) is 4.57. The molecule has 0 aliphatic carbocycles. The van der Waals surface area contributed by atoms with Crippen molar-refractivity contribution in [1.82, 2.24) is 0 Å². The summed E-state index contributed by atoms with van der Waals surface area (Å²) in [6, 6.07) is 8.40. The number of para-hydroxylation sites is 1. The van der Waals surface area contributed by atoms with Crippen LogP contribution in [0.15, 0.2) is 30.3 Å². The lowest BCUT2D eigenvalue weighted by Crippen LogP contribution is -2.36. The maximum Gasteiger partial charge on any atom is 0.476 e. The first kappa shape index (κ1) is 14.0. The van der Waals surface area contributed by atoms with Crippen molar-refractivity contribution in [2.24, 2.45) is 0 Å². The quantitative estimate of drug-likeness (QED) is 0.856. The summed E-state index contributed by atoms with van der Waals surface area (Å²) in [5, 5.41) is 0. The van der Waals surface area contributed by atoms with E-state index in [0.29, 0.717) is 0 Å². The van der Waals surface area contributed by atoms with Gasteiger partial charge in [0.05, 0.1) is 0 Å². The van der Waals surface area contributed by atoms with Crippen molar-refractivity contribution >= 4 is 29.8 Å². The minimum absolute atomic E-state index is 0.711. The molecule has 0 bridgehead atoms. The molecule has 0 saturated carbocycles. The van der Waals surface area contributed by atoms with Crippen LogP contribution in [0.5, 0.6) is 0 Å². The maximum atomic E-state index is 11.5. The highest BCUT2D eigenvalue weighted by molar-refractivity contribution is 7.80. The average Bonchev–Trinajstić information content (AvgIpc) is 2.26. The number of benzene rings is 1. The third-order valence-corrected chi connectivity index (χ3v) is 2.90. The molecule has 1 unspecified atom stereocenters. The normalized spacial score (nSPS) is 15.8. The van der Waals surface area contributed by atoms with Gasteiger partial charge in [-0.2, -0.15) is 0 Å². The van der Waals surface area contributed by atoms with Gasteiger partial charge in [0.2, 0.25) is 0 Å². The van der Waals surface area contributed by atoms with Crippen LogP contribution in [0.2, 0.25) is 0 Å². The first-order valence-electron chi connectivity index (χ1n) is 4.85. The topological polar surface area (TPSA) is 66.8 Å². The van der Waals surface area contributed by atoms with Crippen molar-refractivity contribution in [2.45, 2.75) is 13.0 Å². The summed E-state index contributed by atoms with van der Waals surface area (Å²) in [7, 11) is 1.68. The molecular weight excluding hydrogens is 265 g/mol. The van der Waals surface area contributed by atoms with Crippen molar-refractivity contribution in [3.8, 4) is 0 Å². The second-order valence-electron chi connectivity index (χ2n) is 3.48. The zero-order valence-corrected chi connectivity index (χ0v) is 11.1. The number of anilines is 1. The summed E-state index contributed by atoms with van der Waals surface area (Å²) in [5.41, 5.74) is 0.791. The van der Waals surface area contributed by atoms with Gasteiger partial charge in [-0.1, -0.05) is 18.2 Å². The zero-order chi connectivity index (χ0) is 13.1. The molecule has 0 fully saturated rings. The second kappa shape index (κ2) is 5.54. The SMILES string of the molecule is C[C@@H](C(=O)OP(=O)(O)Cl)N(C)c1ccccc1. The smallest absolute Gasteiger partial charge is 0.379 e. The van der Waals surface area contributed by atoms with E-state index < -0.39 is 19.0 Å². The van der Waals surface area contributed by atoms with Crippen molar-refractivity contribution in [3.05, 3.63) is 30.3 Å². The van der Waals surface area contributed by atoms with Crippen LogP contribution in [0.4, 0.5) is 5.69 Å². The molecule has 0 aromatic heterocycles. The van der Waals surface area contributed by atoms with Crippen LogP contribution in [-0.4, -0.2) is 24.0 Å². The Labute approximate surface area is 104 Å². The Morgan fingerprint density at radius 1 is 1.47 bits per heavy atom. The molecule has 0 aliphatic rings. The standard InChI is InChI=1S/C10H13ClNO4P/c1-8(10(13)16-17(11,14)15)12(2)9-6-4-3-5-7-9/h3-8H,1-2H3,(H,14,15)/t8-/m0/s1. The third-order valence-electron chi connectivity index (χ3n) is 2.29. The average molecular weight is 278 g/mol. The fourth-order valence-corrected chi connectivity index (χ4v) is 1.81. The summed E-state index contributed by atoms with van der Waals surface area (Å²) in [5.74, 6) is -0.850. The molecule has 0 amide bonds. The molecule has 0 aliphatic heterocycles. The predicted molar refractivity (Wildman–Crippen MR) is 66.1 cm³/mol.